The fourth-order valence-corrected chi connectivity index (χ4v) is 1.53. The molecule has 0 spiro atoms. The molecule has 0 heterocycles. The van der Waals surface area contributed by atoms with Gasteiger partial charge in [-0.3, -0.25) is 4.79 Å². The summed E-state index contributed by atoms with van der Waals surface area (Å²) in [6, 6.07) is 0.303. The molecule has 6 heteroatoms. The van der Waals surface area contributed by atoms with Gasteiger partial charge in [-0.25, -0.2) is 8.78 Å². The summed E-state index contributed by atoms with van der Waals surface area (Å²) in [4.78, 5) is 13.3. The number of carbonyl (C=O) groups is 1. The third kappa shape index (κ3) is 4.02. The van der Waals surface area contributed by atoms with Gasteiger partial charge >= 0.3 is 0 Å². The zero-order valence-corrected chi connectivity index (χ0v) is 9.38. The van der Waals surface area contributed by atoms with E-state index in [1.54, 1.807) is 4.90 Å². The average Bonchev–Trinajstić information content (AvgIpc) is 3.03. The van der Waals surface area contributed by atoms with Crippen molar-refractivity contribution in [3.8, 4) is 0 Å². The van der Waals surface area contributed by atoms with Gasteiger partial charge < -0.3 is 15.3 Å². The van der Waals surface area contributed by atoms with Crippen LogP contribution in [0.25, 0.3) is 0 Å². The lowest BCUT2D eigenvalue weighted by atomic mass is 10.3. The molecular weight excluding hydrogens is 218 g/mol. The fourth-order valence-electron chi connectivity index (χ4n) is 1.53. The van der Waals surface area contributed by atoms with Crippen LogP contribution in [-0.4, -0.2) is 54.1 Å². The minimum atomic E-state index is -3.16. The third-order valence-corrected chi connectivity index (χ3v) is 2.54. The first-order chi connectivity index (χ1) is 7.50. The Kier molecular flexibility index (Phi) is 4.61. The molecule has 2 N–H and O–H groups in total. The first kappa shape index (κ1) is 13.3. The molecule has 0 aliphatic heterocycles. The molecule has 94 valence electrons. The van der Waals surface area contributed by atoms with E-state index < -0.39 is 19.1 Å². The lowest BCUT2D eigenvalue weighted by molar-refractivity contribution is -0.131. The Balaban J connectivity index is 2.23. The number of rotatable bonds is 7. The van der Waals surface area contributed by atoms with Crippen LogP contribution >= 0.6 is 0 Å². The molecule has 4 nitrogen and oxygen atoms in total. The predicted molar refractivity (Wildman–Crippen MR) is 55.3 cm³/mol. The summed E-state index contributed by atoms with van der Waals surface area (Å²) in [5.74, 6) is -3.31. The van der Waals surface area contributed by atoms with Crippen LogP contribution in [0.2, 0.25) is 0 Å². The van der Waals surface area contributed by atoms with Gasteiger partial charge in [0.2, 0.25) is 5.91 Å². The summed E-state index contributed by atoms with van der Waals surface area (Å²) in [6.07, 6.45) is 2.01. The minimum Gasteiger partial charge on any atom is -0.390 e. The molecule has 0 radical (unpaired) electrons. The second kappa shape index (κ2) is 5.54. The van der Waals surface area contributed by atoms with Crippen molar-refractivity contribution in [2.24, 2.45) is 0 Å². The molecule has 1 amide bonds. The summed E-state index contributed by atoms with van der Waals surface area (Å²) >= 11 is 0. The minimum absolute atomic E-state index is 0.0973. The molecule has 1 saturated carbocycles. The fraction of sp³-hybridized carbons (Fsp3) is 0.900. The molecule has 0 aromatic carbocycles. The summed E-state index contributed by atoms with van der Waals surface area (Å²) in [5.41, 5.74) is 0. The van der Waals surface area contributed by atoms with Gasteiger partial charge in [-0.05, 0) is 19.8 Å². The van der Waals surface area contributed by atoms with Crippen molar-refractivity contribution < 1.29 is 18.7 Å². The van der Waals surface area contributed by atoms with Crippen LogP contribution in [0.5, 0.6) is 0 Å². The van der Waals surface area contributed by atoms with E-state index >= 15 is 0 Å². The van der Waals surface area contributed by atoms with E-state index in [4.69, 9.17) is 5.11 Å². The van der Waals surface area contributed by atoms with Crippen LogP contribution < -0.4 is 5.32 Å². The molecule has 1 aliphatic rings. The number of hydrogen-bond donors (Lipinski definition) is 2. The number of hydrogen-bond acceptors (Lipinski definition) is 3. The number of nitrogens with zero attached hydrogens (tertiary/aromatic N) is 1. The van der Waals surface area contributed by atoms with Gasteiger partial charge in [-0.15, -0.1) is 0 Å². The molecule has 0 saturated heterocycles. The molecule has 16 heavy (non-hydrogen) atoms. The molecule has 1 fully saturated rings. The normalized spacial score (nSPS) is 16.2. The van der Waals surface area contributed by atoms with Crippen LogP contribution in [0, 0.1) is 0 Å². The Labute approximate surface area is 93.6 Å². The number of aliphatic hydroxyl groups excluding tert-OH is 1. The van der Waals surface area contributed by atoms with Crippen molar-refractivity contribution >= 4 is 5.91 Å². The Bertz CT molecular complexity index is 245. The molecule has 0 aromatic heterocycles. The number of nitrogens with one attached hydrogen (secondary N) is 1. The van der Waals surface area contributed by atoms with Crippen LogP contribution in [0.3, 0.4) is 0 Å². The lowest BCUT2D eigenvalue weighted by Gasteiger charge is -2.21. The number of aliphatic hydroxyl groups is 1. The number of halogens is 2. The van der Waals surface area contributed by atoms with E-state index in [0.717, 1.165) is 12.8 Å². The van der Waals surface area contributed by atoms with Crippen molar-refractivity contribution in [2.45, 2.75) is 31.7 Å². The smallest absolute Gasteiger partial charge is 0.282 e. The zero-order valence-electron chi connectivity index (χ0n) is 9.38. The van der Waals surface area contributed by atoms with Crippen LogP contribution in [0.4, 0.5) is 8.78 Å². The summed E-state index contributed by atoms with van der Waals surface area (Å²) in [7, 11) is 0. The number of amides is 1. The van der Waals surface area contributed by atoms with E-state index in [1.807, 2.05) is 6.92 Å². The molecule has 0 bridgehead atoms. The predicted octanol–water partition coefficient (Wildman–Crippen LogP) is 0.214. The highest BCUT2D eigenvalue weighted by atomic mass is 19.3. The maximum Gasteiger partial charge on any atom is 0.282 e. The maximum absolute atomic E-state index is 12.6. The first-order valence-corrected chi connectivity index (χ1v) is 5.49. The van der Waals surface area contributed by atoms with Gasteiger partial charge in [0.05, 0.1) is 13.1 Å². The molecule has 0 unspecified atom stereocenters. The van der Waals surface area contributed by atoms with Crippen molar-refractivity contribution in [1.82, 2.24) is 10.2 Å². The number of likely N-dealkylation sites (N-methyl/N-ethyl adjacent to an activating group) is 1. The monoisotopic (exact) mass is 236 g/mol. The van der Waals surface area contributed by atoms with E-state index in [0.29, 0.717) is 12.6 Å². The van der Waals surface area contributed by atoms with Crippen molar-refractivity contribution in [1.29, 1.82) is 0 Å². The maximum atomic E-state index is 12.6. The van der Waals surface area contributed by atoms with Crippen LogP contribution in [-0.2, 0) is 4.79 Å². The first-order valence-electron chi connectivity index (χ1n) is 5.49. The Morgan fingerprint density at radius 1 is 1.56 bits per heavy atom. The molecule has 1 rings (SSSR count). The SMILES string of the molecule is CCN(C(=O)CNCC(F)(F)CO)C1CC1. The third-order valence-electron chi connectivity index (χ3n) is 2.54. The van der Waals surface area contributed by atoms with Gasteiger partial charge in [0, 0.05) is 12.6 Å². The van der Waals surface area contributed by atoms with Gasteiger partial charge in [-0.2, -0.15) is 0 Å². The number of carbonyl (C=O) groups excluding carboxylic acids is 1. The second-order valence-corrected chi connectivity index (χ2v) is 4.03. The largest absolute Gasteiger partial charge is 0.390 e. The molecular formula is C10H18F2N2O2. The van der Waals surface area contributed by atoms with E-state index in [9.17, 15) is 13.6 Å². The topological polar surface area (TPSA) is 52.6 Å². The highest BCUT2D eigenvalue weighted by molar-refractivity contribution is 5.78. The van der Waals surface area contributed by atoms with Gasteiger partial charge in [0.15, 0.2) is 0 Å². The molecule has 0 atom stereocenters. The Morgan fingerprint density at radius 3 is 2.62 bits per heavy atom. The highest BCUT2D eigenvalue weighted by Gasteiger charge is 2.32. The summed E-state index contributed by atoms with van der Waals surface area (Å²) in [6.45, 7) is 0.520. The molecule has 0 aromatic rings. The average molecular weight is 236 g/mol. The molecule has 1 aliphatic carbocycles. The van der Waals surface area contributed by atoms with Crippen LogP contribution in [0.15, 0.2) is 0 Å². The van der Waals surface area contributed by atoms with E-state index in [-0.39, 0.29) is 12.5 Å². The van der Waals surface area contributed by atoms with Crippen molar-refractivity contribution in [3.63, 3.8) is 0 Å². The van der Waals surface area contributed by atoms with Gasteiger partial charge in [-0.1, -0.05) is 0 Å². The van der Waals surface area contributed by atoms with Crippen molar-refractivity contribution in [3.05, 3.63) is 0 Å². The van der Waals surface area contributed by atoms with Crippen molar-refractivity contribution in [2.75, 3.05) is 26.2 Å². The second-order valence-electron chi connectivity index (χ2n) is 4.03. The lowest BCUT2D eigenvalue weighted by Crippen LogP contribution is -2.43. The highest BCUT2D eigenvalue weighted by Crippen LogP contribution is 2.26. The Morgan fingerprint density at radius 2 is 2.19 bits per heavy atom. The quantitative estimate of drug-likeness (QED) is 0.664. The van der Waals surface area contributed by atoms with E-state index in [2.05, 4.69) is 5.32 Å². The summed E-state index contributed by atoms with van der Waals surface area (Å²) < 4.78 is 25.2. The van der Waals surface area contributed by atoms with E-state index in [1.165, 1.54) is 0 Å². The van der Waals surface area contributed by atoms with Gasteiger partial charge in [0.1, 0.15) is 6.61 Å². The van der Waals surface area contributed by atoms with Gasteiger partial charge in [0.25, 0.3) is 5.92 Å². The number of alkyl halides is 2. The Hall–Kier alpha value is -0.750. The summed E-state index contributed by atoms with van der Waals surface area (Å²) in [5, 5.41) is 10.7. The zero-order chi connectivity index (χ0) is 12.2. The van der Waals surface area contributed by atoms with Crippen LogP contribution in [0.1, 0.15) is 19.8 Å². The standard InChI is InChI=1S/C10H18F2N2O2/c1-2-14(8-3-4-8)9(16)5-13-6-10(11,12)7-15/h8,13,15H,2-7H2,1H3.